The van der Waals surface area contributed by atoms with E-state index in [9.17, 15) is 19.8 Å². The molecule has 5 rings (SSSR count). The van der Waals surface area contributed by atoms with Gasteiger partial charge in [-0.3, -0.25) is 14.3 Å². The number of para-hydroxylation sites is 1. The standard InChI is InChI=1S/C30H38FN5O5Si/c1-19-27(42(3,4)31)26(12-14-35-18-23(13-15-37)33-34-35)41-30(19)24-10-5-6-11-25(24)36(29(30)40)17-21-8-7-9-22(16-21)32-28(39)20(2)38/h5-11,16,18-20,26-27,37-38H,12-15,17H2,1-4H3,(H,32,39)/t19-,20+,26+,27-,30+/m1/s1. The maximum Gasteiger partial charge on any atom is 0.264 e. The van der Waals surface area contributed by atoms with Gasteiger partial charge in [-0.1, -0.05) is 42.5 Å². The molecule has 1 fully saturated rings. The quantitative estimate of drug-likeness (QED) is 0.242. The molecular formula is C30H38FN5O5Si. The summed E-state index contributed by atoms with van der Waals surface area (Å²) in [5.74, 6) is -1.16. The fraction of sp³-hybridized carbons (Fsp3) is 0.467. The van der Waals surface area contributed by atoms with Crippen molar-refractivity contribution in [2.75, 3.05) is 16.8 Å². The molecule has 224 valence electrons. The van der Waals surface area contributed by atoms with E-state index in [0.29, 0.717) is 30.8 Å². The van der Waals surface area contributed by atoms with E-state index in [1.165, 1.54) is 6.92 Å². The number of ether oxygens (including phenoxy) is 1. The van der Waals surface area contributed by atoms with Crippen LogP contribution in [-0.2, 0) is 39.4 Å². The van der Waals surface area contributed by atoms with Crippen molar-refractivity contribution in [3.8, 4) is 0 Å². The molecular weight excluding hydrogens is 557 g/mol. The van der Waals surface area contributed by atoms with Crippen molar-refractivity contribution in [1.82, 2.24) is 15.0 Å². The van der Waals surface area contributed by atoms with Gasteiger partial charge in [-0.05, 0) is 50.2 Å². The molecule has 1 aromatic heterocycles. The molecule has 42 heavy (non-hydrogen) atoms. The van der Waals surface area contributed by atoms with Gasteiger partial charge in [-0.2, -0.15) is 0 Å². The van der Waals surface area contributed by atoms with Gasteiger partial charge >= 0.3 is 0 Å². The Morgan fingerprint density at radius 2 is 2.00 bits per heavy atom. The van der Waals surface area contributed by atoms with Crippen molar-refractivity contribution in [1.29, 1.82) is 0 Å². The molecule has 1 spiro atoms. The Labute approximate surface area is 245 Å². The zero-order valence-corrected chi connectivity index (χ0v) is 25.3. The third kappa shape index (κ3) is 5.51. The average molecular weight is 596 g/mol. The molecule has 3 heterocycles. The molecule has 5 atom stereocenters. The number of amides is 2. The van der Waals surface area contributed by atoms with Crippen LogP contribution in [0.3, 0.4) is 0 Å². The molecule has 0 unspecified atom stereocenters. The Bertz CT molecular complexity index is 1460. The summed E-state index contributed by atoms with van der Waals surface area (Å²) in [5, 5.41) is 29.7. The second kappa shape index (κ2) is 11.7. The lowest BCUT2D eigenvalue weighted by Gasteiger charge is -2.31. The predicted molar refractivity (Wildman–Crippen MR) is 158 cm³/mol. The minimum atomic E-state index is -3.30. The summed E-state index contributed by atoms with van der Waals surface area (Å²) in [6.45, 7) is 7.32. The monoisotopic (exact) mass is 595 g/mol. The third-order valence-corrected chi connectivity index (χ3v) is 10.8. The van der Waals surface area contributed by atoms with Crippen LogP contribution >= 0.6 is 0 Å². The zero-order chi connectivity index (χ0) is 30.2. The number of aliphatic hydroxyl groups excluding tert-OH is 2. The molecule has 1 saturated heterocycles. The topological polar surface area (TPSA) is 130 Å². The highest BCUT2D eigenvalue weighted by Crippen LogP contribution is 2.60. The number of nitrogens with zero attached hydrogens (tertiary/aromatic N) is 4. The van der Waals surface area contributed by atoms with Crippen LogP contribution in [0.5, 0.6) is 0 Å². The summed E-state index contributed by atoms with van der Waals surface area (Å²) in [7, 11) is -3.30. The molecule has 2 amide bonds. The second-order valence-electron chi connectivity index (χ2n) is 11.8. The van der Waals surface area contributed by atoms with Crippen molar-refractivity contribution < 1.29 is 28.6 Å². The first-order valence-electron chi connectivity index (χ1n) is 14.3. The molecule has 0 saturated carbocycles. The molecule has 10 nitrogen and oxygen atoms in total. The van der Waals surface area contributed by atoms with Gasteiger partial charge in [0.05, 0.1) is 24.0 Å². The molecule has 0 radical (unpaired) electrons. The molecule has 2 aliphatic heterocycles. The average Bonchev–Trinajstić information content (AvgIpc) is 3.58. The maximum absolute atomic E-state index is 16.0. The summed E-state index contributed by atoms with van der Waals surface area (Å²) in [4.78, 5) is 28.2. The Morgan fingerprint density at radius 3 is 2.71 bits per heavy atom. The van der Waals surface area contributed by atoms with Gasteiger partial charge in [-0.15, -0.1) is 5.10 Å². The van der Waals surface area contributed by atoms with E-state index in [4.69, 9.17) is 4.74 Å². The van der Waals surface area contributed by atoms with E-state index in [-0.39, 0.29) is 19.1 Å². The van der Waals surface area contributed by atoms with Crippen molar-refractivity contribution in [2.45, 2.75) is 76.2 Å². The highest BCUT2D eigenvalue weighted by atomic mass is 28.4. The number of carbonyl (C=O) groups is 2. The van der Waals surface area contributed by atoms with Crippen LogP contribution in [0.25, 0.3) is 0 Å². The maximum atomic E-state index is 16.0. The van der Waals surface area contributed by atoms with Crippen LogP contribution in [0, 0.1) is 5.92 Å². The van der Waals surface area contributed by atoms with Crippen LogP contribution in [0.2, 0.25) is 18.6 Å². The predicted octanol–water partition coefficient (Wildman–Crippen LogP) is 3.54. The normalized spacial score (nSPS) is 24.3. The smallest absolute Gasteiger partial charge is 0.264 e. The van der Waals surface area contributed by atoms with E-state index in [1.54, 1.807) is 47.1 Å². The first kappa shape index (κ1) is 30.0. The van der Waals surface area contributed by atoms with Gasteiger partial charge in [0, 0.05) is 48.5 Å². The lowest BCUT2D eigenvalue weighted by atomic mass is 9.82. The van der Waals surface area contributed by atoms with Crippen molar-refractivity contribution in [2.24, 2.45) is 5.92 Å². The summed E-state index contributed by atoms with van der Waals surface area (Å²) in [6.07, 6.45) is 0.974. The van der Waals surface area contributed by atoms with Gasteiger partial charge < -0.3 is 29.3 Å². The lowest BCUT2D eigenvalue weighted by molar-refractivity contribution is -0.146. The molecule has 3 aromatic rings. The van der Waals surface area contributed by atoms with Gasteiger partial charge in [-0.25, -0.2) is 0 Å². The second-order valence-corrected chi connectivity index (χ2v) is 15.6. The Balaban J connectivity index is 1.44. The molecule has 3 N–H and O–H groups in total. The number of anilines is 2. The molecule has 2 aromatic carbocycles. The zero-order valence-electron chi connectivity index (χ0n) is 24.3. The van der Waals surface area contributed by atoms with Crippen LogP contribution in [0.15, 0.2) is 54.7 Å². The summed E-state index contributed by atoms with van der Waals surface area (Å²) < 4.78 is 24.5. The van der Waals surface area contributed by atoms with Crippen LogP contribution < -0.4 is 10.2 Å². The third-order valence-electron chi connectivity index (χ3n) is 8.38. The summed E-state index contributed by atoms with van der Waals surface area (Å²) in [6, 6.07) is 14.7. The molecule has 12 heteroatoms. The molecule has 2 aliphatic rings. The number of hydrogen-bond donors (Lipinski definition) is 3. The highest BCUT2D eigenvalue weighted by Gasteiger charge is 2.66. The largest absolute Gasteiger partial charge is 0.396 e. The first-order valence-corrected chi connectivity index (χ1v) is 17.3. The number of aromatic nitrogens is 3. The number of halogens is 1. The van der Waals surface area contributed by atoms with E-state index in [2.05, 4.69) is 15.6 Å². The number of nitrogens with one attached hydrogen (secondary N) is 1. The summed E-state index contributed by atoms with van der Waals surface area (Å²) in [5.41, 5.74) is 1.66. The van der Waals surface area contributed by atoms with Crippen molar-refractivity contribution >= 4 is 31.6 Å². The van der Waals surface area contributed by atoms with E-state index in [1.807, 2.05) is 37.3 Å². The lowest BCUT2D eigenvalue weighted by Crippen LogP contribution is -2.45. The minimum absolute atomic E-state index is 0.0208. The molecule has 0 bridgehead atoms. The van der Waals surface area contributed by atoms with E-state index < -0.39 is 43.6 Å². The first-order chi connectivity index (χ1) is 20.0. The Kier molecular flexibility index (Phi) is 8.34. The van der Waals surface area contributed by atoms with E-state index in [0.717, 1.165) is 16.8 Å². The molecule has 0 aliphatic carbocycles. The number of hydrogen-bond acceptors (Lipinski definition) is 7. The summed E-state index contributed by atoms with van der Waals surface area (Å²) >= 11 is 0. The highest BCUT2D eigenvalue weighted by molar-refractivity contribution is 6.72. The number of rotatable bonds is 10. The van der Waals surface area contributed by atoms with Gasteiger partial charge in [0.1, 0.15) is 6.10 Å². The van der Waals surface area contributed by atoms with Crippen molar-refractivity contribution in [3.63, 3.8) is 0 Å². The van der Waals surface area contributed by atoms with Gasteiger partial charge in [0.2, 0.25) is 8.41 Å². The van der Waals surface area contributed by atoms with Gasteiger partial charge in [0.25, 0.3) is 11.8 Å². The van der Waals surface area contributed by atoms with Crippen LogP contribution in [-0.4, -0.2) is 64.2 Å². The number of benzene rings is 2. The van der Waals surface area contributed by atoms with Crippen LogP contribution in [0.4, 0.5) is 15.5 Å². The number of aliphatic hydroxyl groups is 2. The Hall–Kier alpha value is -3.45. The van der Waals surface area contributed by atoms with Gasteiger partial charge in [0.15, 0.2) is 5.60 Å². The number of carbonyl (C=O) groups excluding carboxylic acids is 2. The number of aryl methyl sites for hydroxylation is 1. The minimum Gasteiger partial charge on any atom is -0.396 e. The fourth-order valence-corrected chi connectivity index (χ4v) is 9.08. The van der Waals surface area contributed by atoms with Crippen LogP contribution in [0.1, 0.15) is 37.1 Å². The number of fused-ring (bicyclic) bond motifs is 2. The fourth-order valence-electron chi connectivity index (χ4n) is 6.54. The Morgan fingerprint density at radius 1 is 1.24 bits per heavy atom. The van der Waals surface area contributed by atoms with Crippen molar-refractivity contribution in [3.05, 3.63) is 71.5 Å². The van der Waals surface area contributed by atoms with E-state index >= 15 is 4.11 Å². The SMILES string of the molecule is C[C@H](O)C(=O)Nc1cccc(CN2C(=O)[C@@]3(O[C@@H](CCn4cc(CCO)nn4)[C@H]([Si](C)(C)F)[C@H]3C)c3ccccc32)c1.